The summed E-state index contributed by atoms with van der Waals surface area (Å²) in [5.41, 5.74) is 13.8. The molecular formula is C61H39NO2. The maximum absolute atomic E-state index is 7.19. The van der Waals surface area contributed by atoms with E-state index in [4.69, 9.17) is 8.83 Å². The molecule has 0 saturated carbocycles. The largest absolute Gasteiger partial charge is 0.455 e. The van der Waals surface area contributed by atoms with Crippen molar-refractivity contribution in [3.8, 4) is 22.3 Å². The average Bonchev–Trinajstić information content (AvgIpc) is 3.98. The van der Waals surface area contributed by atoms with Gasteiger partial charge in [-0.2, -0.15) is 0 Å². The molecule has 3 nitrogen and oxygen atoms in total. The molecule has 0 saturated heterocycles. The average molecular weight is 818 g/mol. The predicted octanol–water partition coefficient (Wildman–Crippen LogP) is 17.5. The molecule has 0 spiro atoms. The lowest BCUT2D eigenvalue weighted by Gasteiger charge is -2.28. The number of hydrogen-bond acceptors (Lipinski definition) is 3. The number of rotatable bonds is 4. The summed E-state index contributed by atoms with van der Waals surface area (Å²) >= 11 is 0. The van der Waals surface area contributed by atoms with Crippen molar-refractivity contribution in [2.45, 2.75) is 19.3 Å². The van der Waals surface area contributed by atoms with E-state index in [2.05, 4.69) is 207 Å². The van der Waals surface area contributed by atoms with E-state index >= 15 is 0 Å². The van der Waals surface area contributed by atoms with Gasteiger partial charge in [-0.15, -0.1) is 0 Å². The Morgan fingerprint density at radius 1 is 0.328 bits per heavy atom. The molecule has 0 unspecified atom stereocenters. The number of nitrogens with zero attached hydrogens (tertiary/aromatic N) is 1. The zero-order chi connectivity index (χ0) is 42.3. The summed E-state index contributed by atoms with van der Waals surface area (Å²) in [5.74, 6) is 0. The minimum absolute atomic E-state index is 0.157. The minimum Gasteiger partial charge on any atom is -0.455 e. The van der Waals surface area contributed by atoms with Crippen molar-refractivity contribution in [3.63, 3.8) is 0 Å². The normalized spacial score (nSPS) is 13.3. The van der Waals surface area contributed by atoms with E-state index in [1.165, 1.54) is 54.6 Å². The van der Waals surface area contributed by atoms with Gasteiger partial charge in [0.05, 0.1) is 0 Å². The molecule has 0 radical (unpaired) electrons. The van der Waals surface area contributed by atoms with Gasteiger partial charge >= 0.3 is 0 Å². The Morgan fingerprint density at radius 3 is 1.66 bits per heavy atom. The molecule has 3 heteroatoms. The molecule has 0 atom stereocenters. The van der Waals surface area contributed by atoms with Crippen LogP contribution < -0.4 is 4.90 Å². The fourth-order valence-electron chi connectivity index (χ4n) is 11.2. The van der Waals surface area contributed by atoms with E-state index in [1.807, 2.05) is 12.1 Å². The number of furan rings is 2. The molecule has 14 rings (SSSR count). The SMILES string of the molecule is CC1(C)c2ccccc2-c2ccc(N(c3ccc4c(c3)oc3c(-c5cccc6c5oc5ccccc56)c5ccccc5cc34)c3ccc4c5ccccc5c5ccccc5c4c3)cc21. The van der Waals surface area contributed by atoms with Gasteiger partial charge in [0.1, 0.15) is 22.3 Å². The van der Waals surface area contributed by atoms with Crippen molar-refractivity contribution < 1.29 is 8.83 Å². The predicted molar refractivity (Wildman–Crippen MR) is 269 cm³/mol. The smallest absolute Gasteiger partial charge is 0.144 e. The van der Waals surface area contributed by atoms with E-state index in [0.717, 1.165) is 82.8 Å². The van der Waals surface area contributed by atoms with Crippen LogP contribution in [0.3, 0.4) is 0 Å². The van der Waals surface area contributed by atoms with Crippen LogP contribution in [0.1, 0.15) is 25.0 Å². The summed E-state index contributed by atoms with van der Waals surface area (Å²) < 4.78 is 13.8. The number of benzene rings is 11. The summed E-state index contributed by atoms with van der Waals surface area (Å²) in [6.45, 7) is 4.71. The summed E-state index contributed by atoms with van der Waals surface area (Å²) in [5, 5.41) is 14.2. The fraction of sp³-hybridized carbons (Fsp3) is 0.0492. The van der Waals surface area contributed by atoms with Crippen LogP contribution in [0.25, 0.3) is 109 Å². The first-order chi connectivity index (χ1) is 31.5. The zero-order valence-electron chi connectivity index (χ0n) is 35.3. The molecule has 13 aromatic rings. The van der Waals surface area contributed by atoms with Crippen molar-refractivity contribution in [2.75, 3.05) is 4.90 Å². The molecule has 2 aromatic heterocycles. The molecule has 300 valence electrons. The Bertz CT molecular complexity index is 4090. The Morgan fingerprint density at radius 2 is 0.859 bits per heavy atom. The van der Waals surface area contributed by atoms with Crippen LogP contribution in [0.5, 0.6) is 0 Å². The highest BCUT2D eigenvalue weighted by molar-refractivity contribution is 6.26. The lowest BCUT2D eigenvalue weighted by Crippen LogP contribution is -2.16. The molecule has 0 aliphatic heterocycles. The Labute approximate surface area is 369 Å². The minimum atomic E-state index is -0.157. The molecule has 0 bridgehead atoms. The summed E-state index contributed by atoms with van der Waals surface area (Å²) in [6, 6.07) is 72.9. The van der Waals surface area contributed by atoms with Gasteiger partial charge in [-0.25, -0.2) is 0 Å². The van der Waals surface area contributed by atoms with E-state index < -0.39 is 0 Å². The van der Waals surface area contributed by atoms with Crippen LogP contribution >= 0.6 is 0 Å². The van der Waals surface area contributed by atoms with Gasteiger partial charge in [-0.3, -0.25) is 0 Å². The number of anilines is 3. The summed E-state index contributed by atoms with van der Waals surface area (Å²) in [6.07, 6.45) is 0. The van der Waals surface area contributed by atoms with Gasteiger partial charge in [0.15, 0.2) is 0 Å². The van der Waals surface area contributed by atoms with E-state index in [0.29, 0.717) is 0 Å². The van der Waals surface area contributed by atoms with Crippen molar-refractivity contribution in [1.29, 1.82) is 0 Å². The van der Waals surface area contributed by atoms with Crippen LogP contribution in [0.15, 0.2) is 209 Å². The van der Waals surface area contributed by atoms with Crippen LogP contribution in [0.2, 0.25) is 0 Å². The van der Waals surface area contributed by atoms with E-state index in [9.17, 15) is 0 Å². The standard InChI is InChI=1S/C61H39NO2/c1-61(2)54-24-11-9-20-46(54)47-30-27-38(34-55(47)61)62(37-26-29-45-43-18-6-5-16-41(43)42-17-7-8-19-44(42)52(45)33-37)39-28-31-49-53-32-36-14-3-4-15-40(36)58(60(53)64-57(49)35-39)51-23-13-22-50-48-21-10-12-25-56(48)63-59(50)51/h3-35H,1-2H3. The molecular weight excluding hydrogens is 779 g/mol. The van der Waals surface area contributed by atoms with Crippen LogP contribution in [-0.4, -0.2) is 0 Å². The zero-order valence-corrected chi connectivity index (χ0v) is 35.3. The number of para-hydroxylation sites is 2. The molecule has 11 aromatic carbocycles. The van der Waals surface area contributed by atoms with E-state index in [1.54, 1.807) is 0 Å². The van der Waals surface area contributed by atoms with Gasteiger partial charge < -0.3 is 13.7 Å². The molecule has 2 heterocycles. The van der Waals surface area contributed by atoms with Crippen LogP contribution in [0.4, 0.5) is 17.1 Å². The number of hydrogen-bond donors (Lipinski definition) is 0. The number of fused-ring (bicyclic) bond motifs is 16. The Balaban J connectivity index is 1.03. The fourth-order valence-corrected chi connectivity index (χ4v) is 11.2. The Hall–Kier alpha value is -8.14. The second-order valence-electron chi connectivity index (χ2n) is 18.0. The first kappa shape index (κ1) is 35.5. The lowest BCUT2D eigenvalue weighted by atomic mass is 9.82. The quantitative estimate of drug-likeness (QED) is 0.166. The van der Waals surface area contributed by atoms with Crippen LogP contribution in [0, 0.1) is 0 Å². The molecule has 1 aliphatic carbocycles. The third-order valence-electron chi connectivity index (χ3n) is 14.2. The highest BCUT2D eigenvalue weighted by Crippen LogP contribution is 2.52. The maximum atomic E-state index is 7.19. The van der Waals surface area contributed by atoms with E-state index in [-0.39, 0.29) is 5.41 Å². The van der Waals surface area contributed by atoms with Crippen molar-refractivity contribution in [2.24, 2.45) is 0 Å². The maximum Gasteiger partial charge on any atom is 0.144 e. The Kier molecular flexibility index (Phi) is 7.17. The lowest BCUT2D eigenvalue weighted by molar-refractivity contribution is 0.660. The van der Waals surface area contributed by atoms with Gasteiger partial charge in [0.2, 0.25) is 0 Å². The molecule has 0 amide bonds. The van der Waals surface area contributed by atoms with Crippen molar-refractivity contribution in [3.05, 3.63) is 211 Å². The second-order valence-corrected chi connectivity index (χ2v) is 18.0. The monoisotopic (exact) mass is 817 g/mol. The topological polar surface area (TPSA) is 29.5 Å². The first-order valence-corrected chi connectivity index (χ1v) is 22.2. The third kappa shape index (κ3) is 4.87. The summed E-state index contributed by atoms with van der Waals surface area (Å²) in [7, 11) is 0. The van der Waals surface area contributed by atoms with Gasteiger partial charge in [0, 0.05) is 61.2 Å². The molecule has 0 fully saturated rings. The first-order valence-electron chi connectivity index (χ1n) is 22.2. The highest BCUT2D eigenvalue weighted by Gasteiger charge is 2.36. The van der Waals surface area contributed by atoms with Crippen molar-refractivity contribution in [1.82, 2.24) is 0 Å². The van der Waals surface area contributed by atoms with Gasteiger partial charge in [-0.1, -0.05) is 159 Å². The van der Waals surface area contributed by atoms with Gasteiger partial charge in [-0.05, 0) is 114 Å². The third-order valence-corrected chi connectivity index (χ3v) is 14.2. The molecule has 64 heavy (non-hydrogen) atoms. The second kappa shape index (κ2) is 12.9. The van der Waals surface area contributed by atoms with Crippen molar-refractivity contribution >= 4 is 104 Å². The summed E-state index contributed by atoms with van der Waals surface area (Å²) in [4.78, 5) is 2.42. The van der Waals surface area contributed by atoms with Gasteiger partial charge in [0.25, 0.3) is 0 Å². The molecule has 0 N–H and O–H groups in total. The molecule has 1 aliphatic rings. The van der Waals surface area contributed by atoms with Crippen LogP contribution in [-0.2, 0) is 5.41 Å². The highest BCUT2D eigenvalue weighted by atomic mass is 16.3.